The summed E-state index contributed by atoms with van der Waals surface area (Å²) in [5.41, 5.74) is 9.64. The molecular weight excluding hydrogens is 258 g/mol. The summed E-state index contributed by atoms with van der Waals surface area (Å²) in [5, 5.41) is 0. The highest BCUT2D eigenvalue weighted by atomic mass is 15.2. The Morgan fingerprint density at radius 2 is 2.00 bits per heavy atom. The molecule has 112 valence electrons. The second-order valence-corrected chi connectivity index (χ2v) is 5.48. The fraction of sp³-hybridized carbons (Fsp3) is 0.389. The van der Waals surface area contributed by atoms with Crippen LogP contribution < -0.4 is 10.6 Å². The van der Waals surface area contributed by atoms with Gasteiger partial charge in [-0.1, -0.05) is 25.1 Å². The van der Waals surface area contributed by atoms with E-state index in [9.17, 15) is 0 Å². The van der Waals surface area contributed by atoms with Gasteiger partial charge in [0.15, 0.2) is 0 Å². The van der Waals surface area contributed by atoms with Crippen molar-refractivity contribution in [2.75, 3.05) is 11.4 Å². The molecule has 0 radical (unpaired) electrons. The standard InChI is InChI=1S/C18H25N3/c1-4-16(19)12-15-9-10-18(20-13-15)21(5-2)17-8-6-7-14(3)11-17/h6-11,13,16H,4-5,12,19H2,1-3H3. The fourth-order valence-corrected chi connectivity index (χ4v) is 2.42. The first-order valence-electron chi connectivity index (χ1n) is 7.68. The molecule has 2 N–H and O–H groups in total. The van der Waals surface area contributed by atoms with E-state index in [4.69, 9.17) is 5.73 Å². The van der Waals surface area contributed by atoms with E-state index in [1.54, 1.807) is 0 Å². The molecule has 0 aliphatic heterocycles. The first-order chi connectivity index (χ1) is 10.1. The van der Waals surface area contributed by atoms with Gasteiger partial charge in [-0.15, -0.1) is 0 Å². The minimum absolute atomic E-state index is 0.219. The summed E-state index contributed by atoms with van der Waals surface area (Å²) in [5.74, 6) is 0.983. The number of hydrogen-bond donors (Lipinski definition) is 1. The topological polar surface area (TPSA) is 42.1 Å². The third-order valence-electron chi connectivity index (χ3n) is 3.74. The molecule has 1 unspecified atom stereocenters. The molecule has 1 heterocycles. The highest BCUT2D eigenvalue weighted by molar-refractivity contribution is 5.60. The van der Waals surface area contributed by atoms with Crippen molar-refractivity contribution in [2.24, 2.45) is 5.73 Å². The molecule has 3 heteroatoms. The van der Waals surface area contributed by atoms with Gasteiger partial charge in [0.2, 0.25) is 0 Å². The number of nitrogens with zero attached hydrogens (tertiary/aromatic N) is 2. The van der Waals surface area contributed by atoms with Crippen LogP contribution in [0.5, 0.6) is 0 Å². The first-order valence-corrected chi connectivity index (χ1v) is 7.68. The number of benzene rings is 1. The van der Waals surface area contributed by atoms with Crippen molar-refractivity contribution >= 4 is 11.5 Å². The lowest BCUT2D eigenvalue weighted by Gasteiger charge is -2.22. The molecular formula is C18H25N3. The molecule has 0 spiro atoms. The van der Waals surface area contributed by atoms with Crippen molar-refractivity contribution in [3.8, 4) is 0 Å². The number of aromatic nitrogens is 1. The van der Waals surface area contributed by atoms with E-state index in [-0.39, 0.29) is 6.04 Å². The summed E-state index contributed by atoms with van der Waals surface area (Å²) in [4.78, 5) is 6.83. The Morgan fingerprint density at radius 3 is 2.57 bits per heavy atom. The molecule has 0 amide bonds. The van der Waals surface area contributed by atoms with Crippen LogP contribution in [0.1, 0.15) is 31.4 Å². The molecule has 21 heavy (non-hydrogen) atoms. The van der Waals surface area contributed by atoms with Gasteiger partial charge in [-0.3, -0.25) is 0 Å². The van der Waals surface area contributed by atoms with Gasteiger partial charge < -0.3 is 10.6 Å². The Balaban J connectivity index is 2.19. The van der Waals surface area contributed by atoms with Crippen LogP contribution in [-0.4, -0.2) is 17.6 Å². The van der Waals surface area contributed by atoms with E-state index in [0.717, 1.165) is 25.2 Å². The van der Waals surface area contributed by atoms with Gasteiger partial charge in [0.1, 0.15) is 5.82 Å². The smallest absolute Gasteiger partial charge is 0.132 e. The molecule has 1 atom stereocenters. The second kappa shape index (κ2) is 7.23. The second-order valence-electron chi connectivity index (χ2n) is 5.48. The zero-order valence-corrected chi connectivity index (χ0v) is 13.2. The highest BCUT2D eigenvalue weighted by Crippen LogP contribution is 2.24. The third kappa shape index (κ3) is 4.05. The predicted molar refractivity (Wildman–Crippen MR) is 90.1 cm³/mol. The predicted octanol–water partition coefficient (Wildman–Crippen LogP) is 3.83. The first kappa shape index (κ1) is 15.5. The van der Waals surface area contributed by atoms with Crippen molar-refractivity contribution in [2.45, 2.75) is 39.7 Å². The normalized spacial score (nSPS) is 12.2. The largest absolute Gasteiger partial charge is 0.327 e. The third-order valence-corrected chi connectivity index (χ3v) is 3.74. The number of anilines is 2. The highest BCUT2D eigenvalue weighted by Gasteiger charge is 2.09. The maximum absolute atomic E-state index is 6.00. The van der Waals surface area contributed by atoms with Crippen molar-refractivity contribution in [3.05, 3.63) is 53.7 Å². The molecule has 2 aromatic rings. The minimum atomic E-state index is 0.219. The molecule has 1 aromatic carbocycles. The average Bonchev–Trinajstić information content (AvgIpc) is 2.50. The number of nitrogens with two attached hydrogens (primary N) is 1. The molecule has 0 aliphatic rings. The van der Waals surface area contributed by atoms with Gasteiger partial charge >= 0.3 is 0 Å². The van der Waals surface area contributed by atoms with Crippen LogP contribution in [0.4, 0.5) is 11.5 Å². The number of hydrogen-bond acceptors (Lipinski definition) is 3. The van der Waals surface area contributed by atoms with Crippen LogP contribution in [-0.2, 0) is 6.42 Å². The maximum atomic E-state index is 6.00. The van der Waals surface area contributed by atoms with Crippen LogP contribution in [0.2, 0.25) is 0 Å². The molecule has 1 aromatic heterocycles. The van der Waals surface area contributed by atoms with Crippen LogP contribution >= 0.6 is 0 Å². The molecule has 0 saturated carbocycles. The Kier molecular flexibility index (Phi) is 5.34. The van der Waals surface area contributed by atoms with E-state index in [2.05, 4.69) is 67.1 Å². The average molecular weight is 283 g/mol. The SMILES string of the molecule is CCC(N)Cc1ccc(N(CC)c2cccc(C)c2)nc1. The summed E-state index contributed by atoms with van der Waals surface area (Å²) < 4.78 is 0. The number of rotatable bonds is 6. The van der Waals surface area contributed by atoms with E-state index in [1.807, 2.05) is 6.20 Å². The van der Waals surface area contributed by atoms with Gasteiger partial charge in [0.25, 0.3) is 0 Å². The monoisotopic (exact) mass is 283 g/mol. The fourth-order valence-electron chi connectivity index (χ4n) is 2.42. The van der Waals surface area contributed by atoms with Crippen LogP contribution in [0.3, 0.4) is 0 Å². The Morgan fingerprint density at radius 1 is 1.19 bits per heavy atom. The quantitative estimate of drug-likeness (QED) is 0.876. The van der Waals surface area contributed by atoms with Crippen LogP contribution in [0.15, 0.2) is 42.6 Å². The van der Waals surface area contributed by atoms with Crippen molar-refractivity contribution < 1.29 is 0 Å². The molecule has 2 rings (SSSR count). The molecule has 0 fully saturated rings. The van der Waals surface area contributed by atoms with E-state index >= 15 is 0 Å². The Bertz CT molecular complexity index is 563. The zero-order valence-electron chi connectivity index (χ0n) is 13.2. The lowest BCUT2D eigenvalue weighted by Crippen LogP contribution is -2.22. The van der Waals surface area contributed by atoms with Gasteiger partial charge in [-0.2, -0.15) is 0 Å². The summed E-state index contributed by atoms with van der Waals surface area (Å²) in [6.45, 7) is 7.26. The Hall–Kier alpha value is -1.87. The molecule has 0 saturated heterocycles. The number of pyridine rings is 1. The Labute approximate surface area is 127 Å². The lowest BCUT2D eigenvalue weighted by molar-refractivity contribution is 0.645. The summed E-state index contributed by atoms with van der Waals surface area (Å²) >= 11 is 0. The molecule has 0 bridgehead atoms. The summed E-state index contributed by atoms with van der Waals surface area (Å²) in [6, 6.07) is 12.9. The van der Waals surface area contributed by atoms with Gasteiger partial charge in [-0.05, 0) is 56.0 Å². The minimum Gasteiger partial charge on any atom is -0.327 e. The van der Waals surface area contributed by atoms with E-state index < -0.39 is 0 Å². The molecule has 3 nitrogen and oxygen atoms in total. The van der Waals surface area contributed by atoms with Crippen molar-refractivity contribution in [3.63, 3.8) is 0 Å². The van der Waals surface area contributed by atoms with Gasteiger partial charge in [-0.25, -0.2) is 4.98 Å². The van der Waals surface area contributed by atoms with Crippen molar-refractivity contribution in [1.82, 2.24) is 4.98 Å². The van der Waals surface area contributed by atoms with Gasteiger partial charge in [0.05, 0.1) is 0 Å². The summed E-state index contributed by atoms with van der Waals surface area (Å²) in [7, 11) is 0. The van der Waals surface area contributed by atoms with Crippen LogP contribution in [0.25, 0.3) is 0 Å². The van der Waals surface area contributed by atoms with E-state index in [0.29, 0.717) is 0 Å². The molecule has 0 aliphatic carbocycles. The van der Waals surface area contributed by atoms with E-state index in [1.165, 1.54) is 16.8 Å². The number of aryl methyl sites for hydroxylation is 1. The van der Waals surface area contributed by atoms with Crippen LogP contribution in [0, 0.1) is 6.92 Å². The zero-order chi connectivity index (χ0) is 15.2. The van der Waals surface area contributed by atoms with Gasteiger partial charge in [0, 0.05) is 24.5 Å². The maximum Gasteiger partial charge on any atom is 0.132 e. The summed E-state index contributed by atoms with van der Waals surface area (Å²) in [6.07, 6.45) is 3.83. The van der Waals surface area contributed by atoms with Crippen molar-refractivity contribution in [1.29, 1.82) is 0 Å². The lowest BCUT2D eigenvalue weighted by atomic mass is 10.1.